The van der Waals surface area contributed by atoms with Gasteiger partial charge in [0.2, 0.25) is 0 Å². The van der Waals surface area contributed by atoms with Crippen LogP contribution in [0.15, 0.2) is 42.3 Å². The van der Waals surface area contributed by atoms with Gasteiger partial charge in [-0.3, -0.25) is 4.55 Å². The summed E-state index contributed by atoms with van der Waals surface area (Å²) in [5.74, 6) is 0. The van der Waals surface area contributed by atoms with Crippen LogP contribution in [0, 0.1) is 13.8 Å². The Kier molecular flexibility index (Phi) is 25.0. The lowest BCUT2D eigenvalue weighted by molar-refractivity contribution is 0.482. The van der Waals surface area contributed by atoms with Gasteiger partial charge in [-0.25, -0.2) is 0 Å². The average Bonchev–Trinajstić information content (AvgIpc) is 2.59. The van der Waals surface area contributed by atoms with Crippen LogP contribution >= 0.6 is 0 Å². The zero-order valence-corrected chi connectivity index (χ0v) is 17.9. The Balaban J connectivity index is -0.000000169. The maximum atomic E-state index is 11.0. The molecule has 142 valence electrons. The summed E-state index contributed by atoms with van der Waals surface area (Å²) in [6, 6.07) is 3.32. The first-order valence-corrected chi connectivity index (χ1v) is 10.0. The zero-order chi connectivity index (χ0) is 20.3. The first kappa shape index (κ1) is 30.5. The third-order valence-electron chi connectivity index (χ3n) is 2.46. The summed E-state index contributed by atoms with van der Waals surface area (Å²) in [4.78, 5) is 0.0138. The van der Waals surface area contributed by atoms with Gasteiger partial charge in [-0.15, -0.1) is 0 Å². The minimum Gasteiger partial charge on any atom is -0.282 e. The number of allylic oxidation sites excluding steroid dienone is 2. The number of rotatable bonds is 3. The molecule has 0 amide bonds. The van der Waals surface area contributed by atoms with Gasteiger partial charge in [0.25, 0.3) is 10.1 Å². The standard InChI is InChI=1S/C10H14O3S.C4H6.3C2H6/c1-4-9-6-10(14(11,12)13)8(3)5-7(9)2;1-3-4-2;3*1-2/h5-6H,4H2,1-3H3,(H,11,12,13);3-4H,1-2H2;3*1-2H3. The molecule has 1 aromatic carbocycles. The normalized spacial score (nSPS) is 8.42. The van der Waals surface area contributed by atoms with Gasteiger partial charge < -0.3 is 0 Å². The van der Waals surface area contributed by atoms with Crippen LogP contribution in [0.25, 0.3) is 0 Å². The molecule has 4 heteroatoms. The molecule has 0 saturated carbocycles. The van der Waals surface area contributed by atoms with E-state index in [0.29, 0.717) is 5.56 Å². The number of aryl methyl sites for hydroxylation is 3. The van der Waals surface area contributed by atoms with Crippen molar-refractivity contribution in [1.82, 2.24) is 0 Å². The second-order valence-corrected chi connectivity index (χ2v) is 5.23. The van der Waals surface area contributed by atoms with Crippen LogP contribution in [-0.2, 0) is 16.5 Å². The fourth-order valence-corrected chi connectivity index (χ4v) is 2.29. The molecule has 1 aromatic rings. The molecule has 0 spiro atoms. The van der Waals surface area contributed by atoms with Crippen molar-refractivity contribution in [2.45, 2.75) is 73.6 Å². The van der Waals surface area contributed by atoms with Crippen molar-refractivity contribution in [3.05, 3.63) is 54.1 Å². The molecule has 0 aromatic heterocycles. The van der Waals surface area contributed by atoms with Crippen LogP contribution < -0.4 is 0 Å². The highest BCUT2D eigenvalue weighted by Gasteiger charge is 2.14. The molecule has 1 rings (SSSR count). The van der Waals surface area contributed by atoms with E-state index in [-0.39, 0.29) is 4.90 Å². The van der Waals surface area contributed by atoms with Gasteiger partial charge in [-0.2, -0.15) is 8.42 Å². The second kappa shape index (κ2) is 19.7. The smallest absolute Gasteiger partial charge is 0.282 e. The maximum Gasteiger partial charge on any atom is 0.294 e. The van der Waals surface area contributed by atoms with E-state index in [2.05, 4.69) is 13.2 Å². The zero-order valence-electron chi connectivity index (χ0n) is 17.1. The third-order valence-corrected chi connectivity index (χ3v) is 3.45. The van der Waals surface area contributed by atoms with E-state index < -0.39 is 10.1 Å². The Labute approximate surface area is 151 Å². The van der Waals surface area contributed by atoms with Gasteiger partial charge in [0.15, 0.2) is 0 Å². The van der Waals surface area contributed by atoms with Crippen molar-refractivity contribution in [3.8, 4) is 0 Å². The highest BCUT2D eigenvalue weighted by atomic mass is 32.2. The van der Waals surface area contributed by atoms with E-state index in [1.165, 1.54) is 0 Å². The molecule has 0 saturated heterocycles. The van der Waals surface area contributed by atoms with Crippen LogP contribution in [0.2, 0.25) is 0 Å². The predicted octanol–water partition coefficient (Wildman–Crippen LogP) is 6.55. The molecule has 0 heterocycles. The first-order chi connectivity index (χ1) is 11.3. The molecule has 0 bridgehead atoms. The first-order valence-electron chi connectivity index (χ1n) is 8.59. The molecule has 0 radical (unpaired) electrons. The Hall–Kier alpha value is -1.39. The summed E-state index contributed by atoms with van der Waals surface area (Å²) < 4.78 is 30.9. The van der Waals surface area contributed by atoms with E-state index in [4.69, 9.17) is 4.55 Å². The van der Waals surface area contributed by atoms with Crippen molar-refractivity contribution < 1.29 is 13.0 Å². The predicted molar refractivity (Wildman–Crippen MR) is 110 cm³/mol. The molecule has 0 aliphatic carbocycles. The lowest BCUT2D eigenvalue weighted by Crippen LogP contribution is -2.03. The molecule has 0 fully saturated rings. The monoisotopic (exact) mass is 358 g/mol. The number of benzene rings is 1. The fourth-order valence-electron chi connectivity index (χ4n) is 1.53. The van der Waals surface area contributed by atoms with Gasteiger partial charge in [0.05, 0.1) is 4.90 Å². The van der Waals surface area contributed by atoms with E-state index >= 15 is 0 Å². The minimum absolute atomic E-state index is 0.0138. The van der Waals surface area contributed by atoms with E-state index in [1.807, 2.05) is 55.4 Å². The second-order valence-electron chi connectivity index (χ2n) is 3.84. The average molecular weight is 359 g/mol. The quantitative estimate of drug-likeness (QED) is 0.492. The van der Waals surface area contributed by atoms with Crippen LogP contribution in [0.4, 0.5) is 0 Å². The molecule has 1 N–H and O–H groups in total. The molecule has 3 nitrogen and oxygen atoms in total. The highest BCUT2D eigenvalue weighted by Crippen LogP contribution is 2.20. The van der Waals surface area contributed by atoms with E-state index in [1.54, 1.807) is 31.2 Å². The van der Waals surface area contributed by atoms with Crippen LogP contribution in [-0.4, -0.2) is 13.0 Å². The Morgan fingerprint density at radius 3 is 1.54 bits per heavy atom. The van der Waals surface area contributed by atoms with Gasteiger partial charge in [0, 0.05) is 0 Å². The largest absolute Gasteiger partial charge is 0.294 e. The molecular weight excluding hydrogens is 320 g/mol. The topological polar surface area (TPSA) is 54.4 Å². The van der Waals surface area contributed by atoms with Gasteiger partial charge >= 0.3 is 0 Å². The minimum atomic E-state index is -4.08. The summed E-state index contributed by atoms with van der Waals surface area (Å²) in [6.45, 7) is 24.3. The Morgan fingerprint density at radius 2 is 1.29 bits per heavy atom. The number of hydrogen-bond donors (Lipinski definition) is 1. The van der Waals surface area contributed by atoms with Crippen molar-refractivity contribution in [1.29, 1.82) is 0 Å². The summed E-state index contributed by atoms with van der Waals surface area (Å²) in [7, 11) is -4.08. The van der Waals surface area contributed by atoms with Crippen molar-refractivity contribution >= 4 is 10.1 Å². The van der Waals surface area contributed by atoms with E-state index in [0.717, 1.165) is 17.5 Å². The third kappa shape index (κ3) is 14.2. The molecule has 0 aliphatic rings. The lowest BCUT2D eigenvalue weighted by Gasteiger charge is -2.08. The Morgan fingerprint density at radius 1 is 0.917 bits per heavy atom. The molecule has 0 atom stereocenters. The van der Waals surface area contributed by atoms with Crippen LogP contribution in [0.3, 0.4) is 0 Å². The lowest BCUT2D eigenvalue weighted by atomic mass is 10.0. The summed E-state index contributed by atoms with van der Waals surface area (Å²) in [5, 5.41) is 0. The SMILES string of the molecule is C=CC=C.CC.CC.CC.CCc1cc(S(=O)(=O)O)c(C)cc1C. The van der Waals surface area contributed by atoms with Gasteiger partial charge in [-0.05, 0) is 43.0 Å². The van der Waals surface area contributed by atoms with Crippen molar-refractivity contribution in [2.75, 3.05) is 0 Å². The summed E-state index contributed by atoms with van der Waals surface area (Å²) in [6.07, 6.45) is 4.04. The van der Waals surface area contributed by atoms with Crippen LogP contribution in [0.5, 0.6) is 0 Å². The van der Waals surface area contributed by atoms with Gasteiger partial charge in [-0.1, -0.05) is 79.8 Å². The Bertz CT molecular complexity index is 524. The molecular formula is C20H38O3S. The fraction of sp³-hybridized carbons (Fsp3) is 0.500. The van der Waals surface area contributed by atoms with Crippen molar-refractivity contribution in [3.63, 3.8) is 0 Å². The van der Waals surface area contributed by atoms with E-state index in [9.17, 15) is 8.42 Å². The molecule has 0 unspecified atom stereocenters. The molecule has 24 heavy (non-hydrogen) atoms. The number of hydrogen-bond acceptors (Lipinski definition) is 2. The molecule has 0 aliphatic heterocycles. The van der Waals surface area contributed by atoms with Crippen LogP contribution in [0.1, 0.15) is 65.2 Å². The highest BCUT2D eigenvalue weighted by molar-refractivity contribution is 7.85. The maximum absolute atomic E-state index is 11.0. The summed E-state index contributed by atoms with van der Waals surface area (Å²) in [5.41, 5.74) is 2.59. The summed E-state index contributed by atoms with van der Waals surface area (Å²) >= 11 is 0. The van der Waals surface area contributed by atoms with Crippen molar-refractivity contribution in [2.24, 2.45) is 0 Å². The van der Waals surface area contributed by atoms with Gasteiger partial charge in [0.1, 0.15) is 0 Å².